The fraction of sp³-hybridized carbons (Fsp3) is 0.357. The zero-order valence-electron chi connectivity index (χ0n) is 33.3. The topological polar surface area (TPSA) is 3.24 Å². The van der Waals surface area contributed by atoms with Gasteiger partial charge >= 0.3 is 0 Å². The smallest absolute Gasteiger partial charge is 0.0467 e. The minimum atomic E-state index is 0.261. The summed E-state index contributed by atoms with van der Waals surface area (Å²) in [7, 11) is 0. The van der Waals surface area contributed by atoms with Crippen molar-refractivity contribution in [3.63, 3.8) is 0 Å². The highest BCUT2D eigenvalue weighted by Gasteiger charge is 2.54. The van der Waals surface area contributed by atoms with Crippen molar-refractivity contribution in [2.45, 2.75) is 82.0 Å². The van der Waals surface area contributed by atoms with Gasteiger partial charge in [-0.1, -0.05) is 115 Å². The molecule has 8 aliphatic carbocycles. The van der Waals surface area contributed by atoms with Crippen molar-refractivity contribution in [3.05, 3.63) is 163 Å². The van der Waals surface area contributed by atoms with Crippen molar-refractivity contribution < 1.29 is 0 Å². The number of benzene rings is 6. The first kappa shape index (κ1) is 34.2. The summed E-state index contributed by atoms with van der Waals surface area (Å²) in [5, 5.41) is 0. The van der Waals surface area contributed by atoms with Gasteiger partial charge in [0.1, 0.15) is 0 Å². The minimum Gasteiger partial charge on any atom is -0.310 e. The predicted molar refractivity (Wildman–Crippen MR) is 237 cm³/mol. The standard InChI is InChI=1S/C56H55N/c1-4-10-42(11-5-1)44-16-20-49(21-17-44)57(50-22-18-45(19-23-50)43-12-6-2-7-13-43)51-32-52(54-47-28-37-24-38(30-47)31-48(54)29-37)55(46-14-8-3-9-15-46)53(33-51)56-34-39-25-40(35-56)27-41(26-39)36-56/h1-23,32-33,37-41,47-48,54H,24-31,34-36H2. The van der Waals surface area contributed by atoms with Crippen LogP contribution < -0.4 is 4.90 Å². The average Bonchev–Trinajstić information content (AvgIpc) is 3.24. The van der Waals surface area contributed by atoms with Crippen molar-refractivity contribution >= 4 is 17.1 Å². The Balaban J connectivity index is 1.09. The van der Waals surface area contributed by atoms with Crippen molar-refractivity contribution in [1.29, 1.82) is 0 Å². The summed E-state index contributed by atoms with van der Waals surface area (Å²) in [4.78, 5) is 2.63. The van der Waals surface area contributed by atoms with Gasteiger partial charge in [-0.3, -0.25) is 0 Å². The molecule has 0 saturated heterocycles. The molecule has 8 aliphatic rings. The van der Waals surface area contributed by atoms with Gasteiger partial charge in [0.05, 0.1) is 0 Å². The van der Waals surface area contributed by atoms with Gasteiger partial charge in [-0.25, -0.2) is 0 Å². The first-order valence-corrected chi connectivity index (χ1v) is 22.5. The Bertz CT molecular complexity index is 2230. The maximum absolute atomic E-state index is 2.74. The van der Waals surface area contributed by atoms with E-state index in [-0.39, 0.29) is 5.41 Å². The lowest BCUT2D eigenvalue weighted by Crippen LogP contribution is -2.49. The van der Waals surface area contributed by atoms with Crippen molar-refractivity contribution in [1.82, 2.24) is 0 Å². The number of hydrogen-bond donors (Lipinski definition) is 0. The third kappa shape index (κ3) is 5.94. The second kappa shape index (κ2) is 13.6. The molecule has 0 amide bonds. The summed E-state index contributed by atoms with van der Waals surface area (Å²) in [6.45, 7) is 0. The molecule has 6 aromatic rings. The van der Waals surface area contributed by atoms with E-state index in [0.29, 0.717) is 5.92 Å². The van der Waals surface area contributed by atoms with Crippen LogP contribution in [0.25, 0.3) is 33.4 Å². The van der Waals surface area contributed by atoms with Gasteiger partial charge in [-0.05, 0) is 204 Å². The first-order chi connectivity index (χ1) is 28.1. The van der Waals surface area contributed by atoms with Crippen LogP contribution in [0.2, 0.25) is 0 Å². The van der Waals surface area contributed by atoms with Gasteiger partial charge in [-0.15, -0.1) is 0 Å². The molecule has 0 N–H and O–H groups in total. The molecule has 0 aliphatic heterocycles. The van der Waals surface area contributed by atoms with E-state index in [1.165, 1.54) is 116 Å². The van der Waals surface area contributed by atoms with E-state index in [0.717, 1.165) is 41.4 Å². The fourth-order valence-electron chi connectivity index (χ4n) is 14.6. The lowest BCUT2D eigenvalue weighted by Gasteiger charge is -2.58. The van der Waals surface area contributed by atoms with Crippen molar-refractivity contribution in [2.75, 3.05) is 4.90 Å². The highest BCUT2D eigenvalue weighted by Crippen LogP contribution is 2.65. The first-order valence-electron chi connectivity index (χ1n) is 22.5. The molecular formula is C56H55N. The molecule has 284 valence electrons. The number of nitrogens with zero attached hydrogens (tertiary/aromatic N) is 1. The van der Waals surface area contributed by atoms with E-state index < -0.39 is 0 Å². The molecule has 14 rings (SSSR count). The Labute approximate surface area is 340 Å². The van der Waals surface area contributed by atoms with Gasteiger partial charge in [0.2, 0.25) is 0 Å². The summed E-state index contributed by atoms with van der Waals surface area (Å²) in [6.07, 6.45) is 15.8. The highest BCUT2D eigenvalue weighted by atomic mass is 15.1. The number of anilines is 3. The van der Waals surface area contributed by atoms with Gasteiger partial charge in [0, 0.05) is 17.1 Å². The molecule has 0 atom stereocenters. The Morgan fingerprint density at radius 2 is 0.772 bits per heavy atom. The predicted octanol–water partition coefficient (Wildman–Crippen LogP) is 15.2. The third-order valence-electron chi connectivity index (χ3n) is 16.1. The number of rotatable bonds is 8. The van der Waals surface area contributed by atoms with Crippen LogP contribution in [-0.2, 0) is 5.41 Å². The molecule has 1 nitrogen and oxygen atoms in total. The third-order valence-corrected chi connectivity index (χ3v) is 16.1. The number of hydrogen-bond acceptors (Lipinski definition) is 1. The Morgan fingerprint density at radius 1 is 0.368 bits per heavy atom. The lowest BCUT2D eigenvalue weighted by atomic mass is 9.46. The van der Waals surface area contributed by atoms with Crippen molar-refractivity contribution in [3.8, 4) is 33.4 Å². The second-order valence-corrected chi connectivity index (χ2v) is 19.6. The van der Waals surface area contributed by atoms with Gasteiger partial charge in [-0.2, -0.15) is 0 Å². The van der Waals surface area contributed by atoms with Crippen LogP contribution in [0.3, 0.4) is 0 Å². The Morgan fingerprint density at radius 3 is 1.23 bits per heavy atom. The molecular weight excluding hydrogens is 687 g/mol. The second-order valence-electron chi connectivity index (χ2n) is 19.6. The Kier molecular flexibility index (Phi) is 8.17. The van der Waals surface area contributed by atoms with Crippen LogP contribution in [0.1, 0.15) is 87.7 Å². The van der Waals surface area contributed by atoms with Crippen LogP contribution in [0.15, 0.2) is 152 Å². The highest BCUT2D eigenvalue weighted by molar-refractivity contribution is 5.84. The molecule has 0 unspecified atom stereocenters. The van der Waals surface area contributed by atoms with Crippen molar-refractivity contribution in [2.24, 2.45) is 41.4 Å². The maximum Gasteiger partial charge on any atom is 0.0467 e. The molecule has 8 saturated carbocycles. The molecule has 6 aromatic carbocycles. The summed E-state index contributed by atoms with van der Waals surface area (Å²) in [5.41, 5.74) is 15.6. The van der Waals surface area contributed by atoms with Gasteiger partial charge in [0.25, 0.3) is 0 Å². The van der Waals surface area contributed by atoms with E-state index in [1.807, 2.05) is 0 Å². The van der Waals surface area contributed by atoms with Crippen LogP contribution in [-0.4, -0.2) is 0 Å². The van der Waals surface area contributed by atoms with E-state index >= 15 is 0 Å². The van der Waals surface area contributed by atoms with Crippen LogP contribution in [0.5, 0.6) is 0 Å². The molecule has 8 bridgehead atoms. The maximum atomic E-state index is 2.74. The van der Waals surface area contributed by atoms with Gasteiger partial charge in [0.15, 0.2) is 0 Å². The normalized spacial score (nSPS) is 30.5. The molecule has 8 fully saturated rings. The van der Waals surface area contributed by atoms with Crippen LogP contribution in [0.4, 0.5) is 17.1 Å². The summed E-state index contributed by atoms with van der Waals surface area (Å²) in [5.74, 6) is 6.85. The van der Waals surface area contributed by atoms with E-state index in [4.69, 9.17) is 0 Å². The van der Waals surface area contributed by atoms with Crippen LogP contribution >= 0.6 is 0 Å². The summed E-state index contributed by atoms with van der Waals surface area (Å²) < 4.78 is 0. The van der Waals surface area contributed by atoms with Gasteiger partial charge < -0.3 is 4.90 Å². The molecule has 0 spiro atoms. The molecule has 57 heavy (non-hydrogen) atoms. The monoisotopic (exact) mass is 741 g/mol. The van der Waals surface area contributed by atoms with Crippen LogP contribution in [0, 0.1) is 41.4 Å². The van der Waals surface area contributed by atoms with E-state index in [2.05, 4.69) is 157 Å². The largest absolute Gasteiger partial charge is 0.310 e. The molecule has 0 radical (unpaired) electrons. The minimum absolute atomic E-state index is 0.261. The SMILES string of the molecule is c1ccc(-c2ccc(N(c3ccc(-c4ccccc4)cc3)c3cc(C4C5CC6CC(C5)CC4C6)c(-c4ccccc4)c(C45CC6CC(CC(C6)C4)C5)c3)cc2)cc1. The summed E-state index contributed by atoms with van der Waals surface area (Å²) in [6, 6.07) is 57.8. The Hall–Kier alpha value is -4.88. The average molecular weight is 742 g/mol. The van der Waals surface area contributed by atoms with E-state index in [1.54, 1.807) is 16.7 Å². The van der Waals surface area contributed by atoms with E-state index in [9.17, 15) is 0 Å². The lowest BCUT2D eigenvalue weighted by molar-refractivity contribution is -0.00657. The zero-order valence-corrected chi connectivity index (χ0v) is 33.3. The fourth-order valence-corrected chi connectivity index (χ4v) is 14.6. The summed E-state index contributed by atoms with van der Waals surface area (Å²) >= 11 is 0. The molecule has 1 heteroatoms. The molecule has 0 aromatic heterocycles. The zero-order chi connectivity index (χ0) is 37.5. The quantitative estimate of drug-likeness (QED) is 0.150. The molecule has 0 heterocycles.